The summed E-state index contributed by atoms with van der Waals surface area (Å²) >= 11 is 0. The minimum absolute atomic E-state index is 0.0530. The van der Waals surface area contributed by atoms with Crippen molar-refractivity contribution in [2.75, 3.05) is 0 Å². The van der Waals surface area contributed by atoms with Crippen molar-refractivity contribution < 1.29 is 23.2 Å². The Morgan fingerprint density at radius 3 is 2.48 bits per heavy atom. The molecule has 21 heavy (non-hydrogen) atoms. The van der Waals surface area contributed by atoms with Gasteiger partial charge in [0.15, 0.2) is 23.0 Å². The highest BCUT2D eigenvalue weighted by Crippen LogP contribution is 2.24. The van der Waals surface area contributed by atoms with Crippen LogP contribution in [0.2, 0.25) is 0 Å². The zero-order valence-corrected chi connectivity index (χ0v) is 10.6. The molecule has 8 heteroatoms. The lowest BCUT2D eigenvalue weighted by Crippen LogP contribution is -1.95. The molecule has 0 saturated carbocycles. The predicted octanol–water partition coefficient (Wildman–Crippen LogP) is 2.41. The van der Waals surface area contributed by atoms with Crippen molar-refractivity contribution in [3.63, 3.8) is 0 Å². The summed E-state index contributed by atoms with van der Waals surface area (Å²) in [6, 6.07) is 0. The zero-order valence-electron chi connectivity index (χ0n) is 10.6. The van der Waals surface area contributed by atoms with Crippen molar-refractivity contribution in [1.82, 2.24) is 15.0 Å². The first-order valence-corrected chi connectivity index (χ1v) is 5.87. The van der Waals surface area contributed by atoms with E-state index >= 15 is 0 Å². The lowest BCUT2D eigenvalue weighted by atomic mass is 10.4. The molecular formula is C13H9N3O5. The number of oxazole rings is 3. The van der Waals surface area contributed by atoms with E-state index in [0.717, 1.165) is 6.26 Å². The van der Waals surface area contributed by atoms with Gasteiger partial charge >= 0.3 is 5.97 Å². The lowest BCUT2D eigenvalue weighted by molar-refractivity contribution is 0.0690. The van der Waals surface area contributed by atoms with Gasteiger partial charge < -0.3 is 18.4 Å². The number of hydrogen-bond donors (Lipinski definition) is 1. The topological polar surface area (TPSA) is 115 Å². The number of carboxylic acid groups (broad SMARTS) is 1. The summed E-state index contributed by atoms with van der Waals surface area (Å²) in [6.07, 6.45) is 5.90. The number of nitrogens with zero attached hydrogens (tertiary/aromatic N) is 3. The van der Waals surface area contributed by atoms with Crippen LogP contribution in [0.4, 0.5) is 0 Å². The molecule has 0 amide bonds. The molecule has 0 unspecified atom stereocenters. The molecule has 0 spiro atoms. The number of carbonyl (C=O) groups is 1. The smallest absolute Gasteiger partial charge is 0.357 e. The molecule has 0 saturated heterocycles. The average molecular weight is 287 g/mol. The van der Waals surface area contributed by atoms with E-state index in [1.807, 2.05) is 0 Å². The van der Waals surface area contributed by atoms with Crippen molar-refractivity contribution >= 4 is 5.97 Å². The molecule has 8 nitrogen and oxygen atoms in total. The minimum atomic E-state index is -1.18. The zero-order chi connectivity index (χ0) is 14.8. The molecule has 1 N–H and O–H groups in total. The van der Waals surface area contributed by atoms with Gasteiger partial charge in [-0.1, -0.05) is 6.08 Å². The molecule has 0 aromatic carbocycles. The summed E-state index contributed by atoms with van der Waals surface area (Å²) in [5.74, 6) is -0.417. The van der Waals surface area contributed by atoms with Gasteiger partial charge in [-0.05, 0) is 0 Å². The minimum Gasteiger partial charge on any atom is -0.476 e. The molecule has 0 aliphatic rings. The second-order valence-corrected chi connectivity index (χ2v) is 4.00. The van der Waals surface area contributed by atoms with Crippen LogP contribution in [-0.2, 0) is 6.42 Å². The van der Waals surface area contributed by atoms with E-state index in [1.54, 1.807) is 6.08 Å². The van der Waals surface area contributed by atoms with E-state index in [-0.39, 0.29) is 23.2 Å². The maximum atomic E-state index is 10.7. The number of carboxylic acids is 1. The number of aromatic nitrogens is 3. The van der Waals surface area contributed by atoms with Crippen molar-refractivity contribution in [3.8, 4) is 23.2 Å². The van der Waals surface area contributed by atoms with Crippen molar-refractivity contribution in [2.45, 2.75) is 6.42 Å². The van der Waals surface area contributed by atoms with Gasteiger partial charge in [0.25, 0.3) is 0 Å². The third-order valence-corrected chi connectivity index (χ3v) is 2.54. The first-order valence-electron chi connectivity index (χ1n) is 5.87. The quantitative estimate of drug-likeness (QED) is 0.711. The first-order chi connectivity index (χ1) is 10.2. The molecule has 0 aliphatic carbocycles. The van der Waals surface area contributed by atoms with Gasteiger partial charge in [-0.15, -0.1) is 6.58 Å². The molecule has 0 aliphatic heterocycles. The summed E-state index contributed by atoms with van der Waals surface area (Å²) in [4.78, 5) is 22.8. The molecule has 0 radical (unpaired) electrons. The van der Waals surface area contributed by atoms with Crippen LogP contribution in [0, 0.1) is 0 Å². The summed E-state index contributed by atoms with van der Waals surface area (Å²) in [5.41, 5.74) is 0.484. The first kappa shape index (κ1) is 12.9. The summed E-state index contributed by atoms with van der Waals surface area (Å²) < 4.78 is 15.5. The third-order valence-electron chi connectivity index (χ3n) is 2.54. The molecule has 3 aromatic heterocycles. The summed E-state index contributed by atoms with van der Waals surface area (Å²) in [7, 11) is 0. The van der Waals surface area contributed by atoms with Crippen molar-refractivity contribution in [2.24, 2.45) is 0 Å². The monoisotopic (exact) mass is 287 g/mol. The predicted molar refractivity (Wildman–Crippen MR) is 68.4 cm³/mol. The van der Waals surface area contributed by atoms with E-state index in [9.17, 15) is 4.79 Å². The van der Waals surface area contributed by atoms with Gasteiger partial charge in [0.05, 0.1) is 0 Å². The van der Waals surface area contributed by atoms with Gasteiger partial charge in [0.1, 0.15) is 18.8 Å². The third kappa shape index (κ3) is 2.46. The van der Waals surface area contributed by atoms with Gasteiger partial charge in [0, 0.05) is 6.42 Å². The Labute approximate surface area is 117 Å². The highest BCUT2D eigenvalue weighted by molar-refractivity contribution is 5.85. The van der Waals surface area contributed by atoms with Gasteiger partial charge in [-0.2, -0.15) is 0 Å². The Morgan fingerprint density at radius 1 is 1.10 bits per heavy atom. The average Bonchev–Trinajstić information content (AvgIpc) is 3.18. The molecule has 3 rings (SSSR count). The largest absolute Gasteiger partial charge is 0.476 e. The fourth-order valence-corrected chi connectivity index (χ4v) is 1.61. The lowest BCUT2D eigenvalue weighted by Gasteiger charge is -1.85. The molecule has 0 atom stereocenters. The van der Waals surface area contributed by atoms with Crippen molar-refractivity contribution in [3.05, 3.63) is 43.0 Å². The van der Waals surface area contributed by atoms with E-state index in [4.69, 9.17) is 18.4 Å². The van der Waals surface area contributed by atoms with Crippen molar-refractivity contribution in [1.29, 1.82) is 0 Å². The van der Waals surface area contributed by atoms with Crippen LogP contribution < -0.4 is 0 Å². The van der Waals surface area contributed by atoms with Crippen LogP contribution in [0.5, 0.6) is 0 Å². The molecule has 0 fully saturated rings. The number of aromatic carboxylic acids is 1. The van der Waals surface area contributed by atoms with E-state index < -0.39 is 5.97 Å². The molecule has 106 valence electrons. The van der Waals surface area contributed by atoms with Gasteiger partial charge in [0.2, 0.25) is 11.8 Å². The van der Waals surface area contributed by atoms with E-state index in [2.05, 4.69) is 21.5 Å². The van der Waals surface area contributed by atoms with Crippen LogP contribution in [-0.4, -0.2) is 26.0 Å². The Bertz CT molecular complexity index is 798. The van der Waals surface area contributed by atoms with Crippen LogP contribution >= 0.6 is 0 Å². The normalized spacial score (nSPS) is 10.7. The van der Waals surface area contributed by atoms with Gasteiger partial charge in [-0.25, -0.2) is 19.7 Å². The standard InChI is InChI=1S/C13H9N3O5/c1-2-3-10-14-7(4-19-10)11-15-8(5-20-11)12-16-9(6-21-12)13(17)18/h2,4-6H,1,3H2,(H,17,18). The number of allylic oxidation sites excluding steroid dienone is 1. The Morgan fingerprint density at radius 2 is 1.76 bits per heavy atom. The number of hydrogen-bond acceptors (Lipinski definition) is 7. The highest BCUT2D eigenvalue weighted by Gasteiger charge is 2.17. The Balaban J connectivity index is 1.87. The Kier molecular flexibility index (Phi) is 3.11. The second kappa shape index (κ2) is 5.08. The molecular weight excluding hydrogens is 278 g/mol. The second-order valence-electron chi connectivity index (χ2n) is 4.00. The fraction of sp³-hybridized carbons (Fsp3) is 0.0769. The maximum Gasteiger partial charge on any atom is 0.357 e. The fourth-order valence-electron chi connectivity index (χ4n) is 1.61. The van der Waals surface area contributed by atoms with E-state index in [0.29, 0.717) is 18.0 Å². The summed E-state index contributed by atoms with van der Waals surface area (Å²) in [6.45, 7) is 3.59. The van der Waals surface area contributed by atoms with Crippen LogP contribution in [0.15, 0.2) is 44.7 Å². The van der Waals surface area contributed by atoms with Crippen LogP contribution in [0.25, 0.3) is 23.2 Å². The van der Waals surface area contributed by atoms with Gasteiger partial charge in [-0.3, -0.25) is 0 Å². The number of rotatable bonds is 5. The molecule has 3 heterocycles. The summed E-state index contributed by atoms with van der Waals surface area (Å²) in [5, 5.41) is 8.78. The van der Waals surface area contributed by atoms with Crippen LogP contribution in [0.1, 0.15) is 16.4 Å². The highest BCUT2D eigenvalue weighted by atomic mass is 16.4. The molecule has 3 aromatic rings. The Hall–Kier alpha value is -3.16. The van der Waals surface area contributed by atoms with E-state index in [1.165, 1.54) is 12.5 Å². The molecule has 0 bridgehead atoms. The SMILES string of the molecule is C=CCc1nc(-c2nc(-c3nc(C(=O)O)co3)co2)co1. The maximum absolute atomic E-state index is 10.7. The van der Waals surface area contributed by atoms with Crippen LogP contribution in [0.3, 0.4) is 0 Å².